The van der Waals surface area contributed by atoms with Crippen molar-refractivity contribution in [2.75, 3.05) is 37.6 Å². The van der Waals surface area contributed by atoms with Crippen molar-refractivity contribution in [1.82, 2.24) is 4.90 Å². The quantitative estimate of drug-likeness (QED) is 0.553. The Balaban J connectivity index is 1.55. The van der Waals surface area contributed by atoms with E-state index in [1.807, 2.05) is 6.07 Å². The van der Waals surface area contributed by atoms with Gasteiger partial charge >= 0.3 is 0 Å². The molecule has 3 heteroatoms. The number of halogens is 1. The molecular formula is C24H29FN2. The summed E-state index contributed by atoms with van der Waals surface area (Å²) in [5, 5.41) is 0. The Morgan fingerprint density at radius 3 is 2.22 bits per heavy atom. The zero-order valence-corrected chi connectivity index (χ0v) is 16.5. The van der Waals surface area contributed by atoms with E-state index in [0.29, 0.717) is 11.1 Å². The third kappa shape index (κ3) is 5.58. The molecule has 0 bridgehead atoms. The molecule has 1 aliphatic heterocycles. The second kappa shape index (κ2) is 9.58. The van der Waals surface area contributed by atoms with Gasteiger partial charge in [0.05, 0.1) is 0 Å². The number of aryl methyl sites for hydroxylation is 1. The van der Waals surface area contributed by atoms with Crippen LogP contribution in [0.3, 0.4) is 0 Å². The van der Waals surface area contributed by atoms with E-state index < -0.39 is 0 Å². The van der Waals surface area contributed by atoms with E-state index in [2.05, 4.69) is 52.8 Å². The molecular weight excluding hydrogens is 335 g/mol. The molecule has 0 aliphatic carbocycles. The van der Waals surface area contributed by atoms with Crippen LogP contribution in [0.1, 0.15) is 42.9 Å². The van der Waals surface area contributed by atoms with Crippen LogP contribution in [0, 0.1) is 24.6 Å². The Morgan fingerprint density at radius 2 is 1.56 bits per heavy atom. The molecule has 1 heterocycles. The smallest absolute Gasteiger partial charge is 0.127 e. The van der Waals surface area contributed by atoms with Gasteiger partial charge < -0.3 is 4.90 Å². The maximum Gasteiger partial charge on any atom is 0.127 e. The summed E-state index contributed by atoms with van der Waals surface area (Å²) in [5.74, 6) is 5.98. The number of anilines is 1. The third-order valence-corrected chi connectivity index (χ3v) is 5.21. The maximum absolute atomic E-state index is 13.6. The van der Waals surface area contributed by atoms with E-state index in [0.717, 1.165) is 31.7 Å². The molecule has 142 valence electrons. The molecule has 0 amide bonds. The van der Waals surface area contributed by atoms with Crippen LogP contribution in [0.25, 0.3) is 0 Å². The topological polar surface area (TPSA) is 6.48 Å². The van der Waals surface area contributed by atoms with Crippen molar-refractivity contribution in [3.8, 4) is 11.8 Å². The zero-order chi connectivity index (χ0) is 19.1. The van der Waals surface area contributed by atoms with Gasteiger partial charge in [0.1, 0.15) is 5.82 Å². The Morgan fingerprint density at radius 1 is 0.889 bits per heavy atom. The summed E-state index contributed by atoms with van der Waals surface area (Å²) in [4.78, 5) is 5.02. The van der Waals surface area contributed by atoms with Gasteiger partial charge in [0, 0.05) is 43.0 Å². The van der Waals surface area contributed by atoms with Gasteiger partial charge in [-0.1, -0.05) is 37.7 Å². The second-order valence-corrected chi connectivity index (χ2v) is 7.30. The van der Waals surface area contributed by atoms with Crippen LogP contribution < -0.4 is 4.90 Å². The predicted octanol–water partition coefficient (Wildman–Crippen LogP) is 4.85. The summed E-state index contributed by atoms with van der Waals surface area (Å²) < 4.78 is 13.6. The van der Waals surface area contributed by atoms with E-state index >= 15 is 0 Å². The Bertz CT molecular complexity index is 793. The summed E-state index contributed by atoms with van der Waals surface area (Å²) in [7, 11) is 0. The molecule has 0 N–H and O–H groups in total. The second-order valence-electron chi connectivity index (χ2n) is 7.30. The highest BCUT2D eigenvalue weighted by Gasteiger charge is 2.16. The van der Waals surface area contributed by atoms with Gasteiger partial charge in [0.15, 0.2) is 0 Å². The van der Waals surface area contributed by atoms with Gasteiger partial charge in [-0.05, 0) is 61.9 Å². The number of benzene rings is 2. The van der Waals surface area contributed by atoms with E-state index in [1.165, 1.54) is 37.6 Å². The molecule has 1 fully saturated rings. The highest BCUT2D eigenvalue weighted by molar-refractivity contribution is 5.52. The van der Waals surface area contributed by atoms with E-state index in [1.54, 1.807) is 13.0 Å². The van der Waals surface area contributed by atoms with Gasteiger partial charge in [0.2, 0.25) is 0 Å². The van der Waals surface area contributed by atoms with Gasteiger partial charge in [-0.2, -0.15) is 0 Å². The molecule has 0 spiro atoms. The van der Waals surface area contributed by atoms with Crippen LogP contribution in [0.5, 0.6) is 0 Å². The fraction of sp³-hybridized carbons (Fsp3) is 0.417. The Labute approximate surface area is 163 Å². The summed E-state index contributed by atoms with van der Waals surface area (Å²) in [6, 6.07) is 13.5. The normalized spacial score (nSPS) is 14.7. The van der Waals surface area contributed by atoms with Crippen molar-refractivity contribution in [2.45, 2.75) is 33.1 Å². The van der Waals surface area contributed by atoms with Crippen molar-refractivity contribution in [1.29, 1.82) is 0 Å². The molecule has 2 aromatic rings. The van der Waals surface area contributed by atoms with Gasteiger partial charge in [-0.3, -0.25) is 4.90 Å². The third-order valence-electron chi connectivity index (χ3n) is 5.21. The average Bonchev–Trinajstić information content (AvgIpc) is 2.70. The van der Waals surface area contributed by atoms with Crippen molar-refractivity contribution >= 4 is 5.69 Å². The van der Waals surface area contributed by atoms with Crippen molar-refractivity contribution in [3.63, 3.8) is 0 Å². The molecule has 0 aromatic heterocycles. The highest BCUT2D eigenvalue weighted by Crippen LogP contribution is 2.17. The molecule has 0 radical (unpaired) electrons. The SMILES string of the molecule is CCCCCN1CCN(c2ccc(C#Cc3ccc(C)c(F)c3)cc2)CC1. The standard InChI is InChI=1S/C24H29FN2/c1-3-4-5-14-26-15-17-27(18-16-26)23-12-10-21(11-13-23)8-9-22-7-6-20(2)24(25)19-22/h6-7,10-13,19H,3-5,14-18H2,1-2H3. The first-order chi connectivity index (χ1) is 13.2. The van der Waals surface area contributed by atoms with Crippen LogP contribution >= 0.6 is 0 Å². The number of nitrogens with zero attached hydrogens (tertiary/aromatic N) is 2. The summed E-state index contributed by atoms with van der Waals surface area (Å²) >= 11 is 0. The minimum absolute atomic E-state index is 0.203. The molecule has 3 rings (SSSR count). The van der Waals surface area contributed by atoms with Crippen LogP contribution in [-0.4, -0.2) is 37.6 Å². The molecule has 2 aromatic carbocycles. The lowest BCUT2D eigenvalue weighted by Crippen LogP contribution is -2.46. The first kappa shape index (κ1) is 19.5. The fourth-order valence-corrected chi connectivity index (χ4v) is 3.39. The maximum atomic E-state index is 13.6. The first-order valence-electron chi connectivity index (χ1n) is 10.0. The van der Waals surface area contributed by atoms with Crippen molar-refractivity contribution in [3.05, 3.63) is 65.0 Å². The van der Waals surface area contributed by atoms with Gasteiger partial charge in [-0.25, -0.2) is 4.39 Å². The summed E-state index contributed by atoms with van der Waals surface area (Å²) in [5.41, 5.74) is 3.57. The van der Waals surface area contributed by atoms with Crippen molar-refractivity contribution < 1.29 is 4.39 Å². The largest absolute Gasteiger partial charge is 0.369 e. The minimum Gasteiger partial charge on any atom is -0.369 e. The fourth-order valence-electron chi connectivity index (χ4n) is 3.39. The Hall–Kier alpha value is -2.31. The molecule has 27 heavy (non-hydrogen) atoms. The van der Waals surface area contributed by atoms with Crippen molar-refractivity contribution in [2.24, 2.45) is 0 Å². The average molecular weight is 365 g/mol. The summed E-state index contributed by atoms with van der Waals surface area (Å²) in [6.45, 7) is 9.70. The van der Waals surface area contributed by atoms with Gasteiger partial charge in [0.25, 0.3) is 0 Å². The number of rotatable bonds is 5. The van der Waals surface area contributed by atoms with E-state index in [-0.39, 0.29) is 5.82 Å². The highest BCUT2D eigenvalue weighted by atomic mass is 19.1. The van der Waals surface area contributed by atoms with Crippen LogP contribution in [0.2, 0.25) is 0 Å². The van der Waals surface area contributed by atoms with Crippen LogP contribution in [0.4, 0.5) is 10.1 Å². The van der Waals surface area contributed by atoms with Crippen LogP contribution in [-0.2, 0) is 0 Å². The zero-order valence-electron chi connectivity index (χ0n) is 16.5. The minimum atomic E-state index is -0.203. The van der Waals surface area contributed by atoms with E-state index in [4.69, 9.17) is 0 Å². The van der Waals surface area contributed by atoms with Crippen LogP contribution in [0.15, 0.2) is 42.5 Å². The lowest BCUT2D eigenvalue weighted by Gasteiger charge is -2.36. The Kier molecular flexibility index (Phi) is 6.90. The lowest BCUT2D eigenvalue weighted by molar-refractivity contribution is 0.252. The molecule has 1 aliphatic rings. The summed E-state index contributed by atoms with van der Waals surface area (Å²) in [6.07, 6.45) is 3.93. The number of unbranched alkanes of at least 4 members (excludes halogenated alkanes) is 2. The number of hydrogen-bond acceptors (Lipinski definition) is 2. The monoisotopic (exact) mass is 364 g/mol. The lowest BCUT2D eigenvalue weighted by atomic mass is 10.1. The molecule has 0 atom stereocenters. The number of hydrogen-bond donors (Lipinski definition) is 0. The molecule has 0 saturated carbocycles. The molecule has 0 unspecified atom stereocenters. The molecule has 2 nitrogen and oxygen atoms in total. The number of piperazine rings is 1. The first-order valence-corrected chi connectivity index (χ1v) is 10.0. The predicted molar refractivity (Wildman–Crippen MR) is 112 cm³/mol. The van der Waals surface area contributed by atoms with E-state index in [9.17, 15) is 4.39 Å². The van der Waals surface area contributed by atoms with Gasteiger partial charge in [-0.15, -0.1) is 0 Å². The molecule has 1 saturated heterocycles.